The van der Waals surface area contributed by atoms with Crippen LogP contribution in [0.25, 0.3) is 0 Å². The van der Waals surface area contributed by atoms with Crippen LogP contribution in [0, 0.1) is 5.41 Å². The van der Waals surface area contributed by atoms with E-state index in [0.29, 0.717) is 18.2 Å². The lowest BCUT2D eigenvalue weighted by Gasteiger charge is -2.31. The Balaban J connectivity index is 0.00000529. The molecule has 1 aromatic rings. The number of esters is 1. The molecule has 0 amide bonds. The van der Waals surface area contributed by atoms with Crippen LogP contribution in [-0.4, -0.2) is 13.1 Å². The fourth-order valence-corrected chi connectivity index (χ4v) is 2.03. The van der Waals surface area contributed by atoms with Crippen molar-refractivity contribution in [2.45, 2.75) is 32.2 Å². The Hall–Kier alpha value is -1.48. The minimum Gasteiger partial charge on any atom is -0.469 e. The summed E-state index contributed by atoms with van der Waals surface area (Å²) >= 11 is 0. The summed E-state index contributed by atoms with van der Waals surface area (Å²) in [5.74, 6) is -0.935. The van der Waals surface area contributed by atoms with E-state index < -0.39 is 46.5 Å². The van der Waals surface area contributed by atoms with Gasteiger partial charge < -0.3 is 10.5 Å². The second-order valence-electron chi connectivity index (χ2n) is 5.49. The van der Waals surface area contributed by atoms with E-state index in [4.69, 9.17) is 5.73 Å². The molecule has 0 radical (unpaired) electrons. The number of benzene rings is 1. The number of hydrogen-bond acceptors (Lipinski definition) is 3. The molecule has 24 heavy (non-hydrogen) atoms. The summed E-state index contributed by atoms with van der Waals surface area (Å²) in [5, 5.41) is 0. The summed E-state index contributed by atoms with van der Waals surface area (Å²) in [5.41, 5.74) is 0.615. The second kappa shape index (κ2) is 7.18. The van der Waals surface area contributed by atoms with E-state index in [1.807, 2.05) is 0 Å². The standard InChI is InChI=1S/C14H15F6NO2.ClH/c1-12(2,11(22)23-3)10(21)8-6-7(13(15,16)17)4-5-9(8)14(18,19)20;/h4-6,10H,21H2,1-3H3;1H/t10-;/m0./s1. The molecule has 2 N–H and O–H groups in total. The quantitative estimate of drug-likeness (QED) is 0.627. The highest BCUT2D eigenvalue weighted by Gasteiger charge is 2.43. The first-order valence-corrected chi connectivity index (χ1v) is 6.35. The molecule has 0 aliphatic heterocycles. The van der Waals surface area contributed by atoms with Crippen molar-refractivity contribution in [2.75, 3.05) is 7.11 Å². The Morgan fingerprint density at radius 1 is 1.08 bits per heavy atom. The van der Waals surface area contributed by atoms with Crippen molar-refractivity contribution in [2.24, 2.45) is 11.1 Å². The van der Waals surface area contributed by atoms with Gasteiger partial charge in [-0.2, -0.15) is 26.3 Å². The van der Waals surface area contributed by atoms with E-state index in [1.54, 1.807) is 0 Å². The topological polar surface area (TPSA) is 52.3 Å². The van der Waals surface area contributed by atoms with Gasteiger partial charge in [-0.15, -0.1) is 12.4 Å². The van der Waals surface area contributed by atoms with Gasteiger partial charge >= 0.3 is 18.3 Å². The monoisotopic (exact) mass is 379 g/mol. The summed E-state index contributed by atoms with van der Waals surface area (Å²) < 4.78 is 81.9. The molecule has 0 fully saturated rings. The Morgan fingerprint density at radius 2 is 1.58 bits per heavy atom. The molecule has 1 aromatic carbocycles. The molecule has 138 valence electrons. The third-order valence-corrected chi connectivity index (χ3v) is 3.51. The Bertz CT molecular complexity index is 598. The molecule has 0 heterocycles. The molecule has 0 bridgehead atoms. The summed E-state index contributed by atoms with van der Waals surface area (Å²) in [6.07, 6.45) is -9.75. The lowest BCUT2D eigenvalue weighted by Crippen LogP contribution is -2.38. The van der Waals surface area contributed by atoms with Gasteiger partial charge in [0.1, 0.15) is 0 Å². The molecule has 0 spiro atoms. The van der Waals surface area contributed by atoms with E-state index >= 15 is 0 Å². The van der Waals surface area contributed by atoms with Crippen LogP contribution in [0.3, 0.4) is 0 Å². The maximum atomic E-state index is 13.1. The van der Waals surface area contributed by atoms with Gasteiger partial charge in [0.05, 0.1) is 23.7 Å². The number of rotatable bonds is 3. The van der Waals surface area contributed by atoms with Crippen LogP contribution in [0.5, 0.6) is 0 Å². The van der Waals surface area contributed by atoms with E-state index in [-0.39, 0.29) is 12.4 Å². The summed E-state index contributed by atoms with van der Waals surface area (Å²) in [6.45, 7) is 2.40. The van der Waals surface area contributed by atoms with Gasteiger partial charge in [-0.3, -0.25) is 4.79 Å². The van der Waals surface area contributed by atoms with Crippen molar-refractivity contribution in [3.63, 3.8) is 0 Å². The molecular formula is C14H16ClF6NO2. The number of hydrogen-bond donors (Lipinski definition) is 1. The molecule has 1 atom stereocenters. The average Bonchev–Trinajstić information content (AvgIpc) is 2.42. The van der Waals surface area contributed by atoms with Gasteiger partial charge in [0, 0.05) is 6.04 Å². The van der Waals surface area contributed by atoms with Crippen molar-refractivity contribution < 1.29 is 35.9 Å². The van der Waals surface area contributed by atoms with Crippen molar-refractivity contribution in [3.8, 4) is 0 Å². The first-order chi connectivity index (χ1) is 10.2. The summed E-state index contributed by atoms with van der Waals surface area (Å²) in [7, 11) is 1.01. The van der Waals surface area contributed by atoms with Crippen molar-refractivity contribution in [3.05, 3.63) is 34.9 Å². The largest absolute Gasteiger partial charge is 0.469 e. The highest BCUT2D eigenvalue weighted by molar-refractivity contribution is 5.85. The molecule has 0 aliphatic rings. The molecule has 1 rings (SSSR count). The second-order valence-corrected chi connectivity index (χ2v) is 5.49. The van der Waals surface area contributed by atoms with E-state index in [9.17, 15) is 31.1 Å². The zero-order chi connectivity index (χ0) is 18.2. The molecule has 0 aromatic heterocycles. The molecule has 0 saturated carbocycles. The maximum Gasteiger partial charge on any atom is 0.416 e. The van der Waals surface area contributed by atoms with Gasteiger partial charge in [-0.05, 0) is 37.6 Å². The zero-order valence-corrected chi connectivity index (χ0v) is 13.7. The fraction of sp³-hybridized carbons (Fsp3) is 0.500. The molecule has 0 saturated heterocycles. The normalized spacial score (nSPS) is 13.9. The van der Waals surface area contributed by atoms with Gasteiger partial charge in [-0.1, -0.05) is 0 Å². The fourth-order valence-electron chi connectivity index (χ4n) is 2.03. The van der Waals surface area contributed by atoms with E-state index in [2.05, 4.69) is 4.74 Å². The van der Waals surface area contributed by atoms with Crippen LogP contribution in [0.4, 0.5) is 26.3 Å². The highest BCUT2D eigenvalue weighted by Crippen LogP contribution is 2.42. The van der Waals surface area contributed by atoms with Gasteiger partial charge in [0.25, 0.3) is 0 Å². The van der Waals surface area contributed by atoms with Crippen LogP contribution < -0.4 is 5.73 Å². The van der Waals surface area contributed by atoms with Crippen LogP contribution in [0.1, 0.15) is 36.6 Å². The summed E-state index contributed by atoms with van der Waals surface area (Å²) in [4.78, 5) is 11.7. The van der Waals surface area contributed by atoms with Gasteiger partial charge in [0.2, 0.25) is 0 Å². The van der Waals surface area contributed by atoms with Crippen molar-refractivity contribution in [1.29, 1.82) is 0 Å². The minimum absolute atomic E-state index is 0. The maximum absolute atomic E-state index is 13.1. The molecule has 3 nitrogen and oxygen atoms in total. The first-order valence-electron chi connectivity index (χ1n) is 6.35. The average molecular weight is 380 g/mol. The first kappa shape index (κ1) is 22.5. The SMILES string of the molecule is COC(=O)C(C)(C)[C@@H](N)c1cc(C(F)(F)F)ccc1C(F)(F)F.Cl. The van der Waals surface area contributed by atoms with Crippen molar-refractivity contribution in [1.82, 2.24) is 0 Å². The van der Waals surface area contributed by atoms with E-state index in [0.717, 1.165) is 7.11 Å². The third-order valence-electron chi connectivity index (χ3n) is 3.51. The molecule has 10 heteroatoms. The van der Waals surface area contributed by atoms with Crippen LogP contribution in [-0.2, 0) is 21.9 Å². The smallest absolute Gasteiger partial charge is 0.416 e. The third kappa shape index (κ3) is 4.54. The predicted molar refractivity (Wildman–Crippen MR) is 76.4 cm³/mol. The van der Waals surface area contributed by atoms with Crippen LogP contribution in [0.2, 0.25) is 0 Å². The Labute approximate surface area is 140 Å². The number of alkyl halides is 6. The van der Waals surface area contributed by atoms with Gasteiger partial charge in [-0.25, -0.2) is 0 Å². The number of methoxy groups -OCH3 is 1. The Morgan fingerprint density at radius 3 is 1.96 bits per heavy atom. The molecule has 0 unspecified atom stereocenters. The predicted octanol–water partition coefficient (Wildman–Crippen LogP) is 4.35. The lowest BCUT2D eigenvalue weighted by molar-refractivity contribution is -0.153. The summed E-state index contributed by atoms with van der Waals surface area (Å²) in [6, 6.07) is -0.692. The zero-order valence-electron chi connectivity index (χ0n) is 12.9. The van der Waals surface area contributed by atoms with E-state index in [1.165, 1.54) is 13.8 Å². The number of halogens is 7. The number of nitrogens with two attached hydrogens (primary N) is 1. The minimum atomic E-state index is -4.91. The number of ether oxygens (including phenoxy) is 1. The Kier molecular flexibility index (Phi) is 6.74. The van der Waals surface area contributed by atoms with Crippen LogP contribution in [0.15, 0.2) is 18.2 Å². The van der Waals surface area contributed by atoms with Crippen LogP contribution >= 0.6 is 12.4 Å². The molecule has 0 aliphatic carbocycles. The number of carbonyl (C=O) groups excluding carboxylic acids is 1. The number of carbonyl (C=O) groups is 1. The lowest BCUT2D eigenvalue weighted by atomic mass is 9.79. The molecular weight excluding hydrogens is 364 g/mol. The van der Waals surface area contributed by atoms with Gasteiger partial charge in [0.15, 0.2) is 0 Å². The highest BCUT2D eigenvalue weighted by atomic mass is 35.5. The van der Waals surface area contributed by atoms with Crippen molar-refractivity contribution >= 4 is 18.4 Å².